The standard InChI is InChI=1S/C15H16N2O3S/c1-2-19-15(18)13-14(21-9-17-13)16-8-11-7-10-5-3-4-6-12(10)20-11/h3-6,9,11,16H,2,7-8H2,1H3. The Labute approximate surface area is 126 Å². The monoisotopic (exact) mass is 304 g/mol. The molecule has 0 aliphatic carbocycles. The van der Waals surface area contributed by atoms with Gasteiger partial charge < -0.3 is 14.8 Å². The molecule has 1 aliphatic heterocycles. The fraction of sp³-hybridized carbons (Fsp3) is 0.333. The highest BCUT2D eigenvalue weighted by Crippen LogP contribution is 2.29. The molecule has 0 amide bonds. The van der Waals surface area contributed by atoms with Gasteiger partial charge in [-0.2, -0.15) is 0 Å². The predicted molar refractivity (Wildman–Crippen MR) is 81.1 cm³/mol. The van der Waals surface area contributed by atoms with Crippen LogP contribution in [0.15, 0.2) is 29.8 Å². The Kier molecular flexibility index (Phi) is 4.06. The number of ether oxygens (including phenoxy) is 2. The van der Waals surface area contributed by atoms with Gasteiger partial charge in [0.05, 0.1) is 18.7 Å². The lowest BCUT2D eigenvalue weighted by atomic mass is 10.1. The fourth-order valence-electron chi connectivity index (χ4n) is 2.29. The fourth-order valence-corrected chi connectivity index (χ4v) is 2.97. The van der Waals surface area contributed by atoms with Crippen molar-refractivity contribution in [1.29, 1.82) is 0 Å². The van der Waals surface area contributed by atoms with E-state index in [0.717, 1.165) is 17.2 Å². The van der Waals surface area contributed by atoms with Crippen molar-refractivity contribution in [2.24, 2.45) is 0 Å². The molecule has 1 aliphatic rings. The van der Waals surface area contributed by atoms with Crippen molar-refractivity contribution in [3.05, 3.63) is 41.0 Å². The average Bonchev–Trinajstić information content (AvgIpc) is 3.11. The van der Waals surface area contributed by atoms with E-state index in [1.165, 1.54) is 16.9 Å². The number of benzene rings is 1. The maximum absolute atomic E-state index is 11.8. The summed E-state index contributed by atoms with van der Waals surface area (Å²) in [5.74, 6) is 0.552. The number of fused-ring (bicyclic) bond motifs is 1. The predicted octanol–water partition coefficient (Wildman–Crippen LogP) is 2.74. The maximum atomic E-state index is 11.8. The molecule has 1 N–H and O–H groups in total. The van der Waals surface area contributed by atoms with Gasteiger partial charge in [-0.3, -0.25) is 0 Å². The second kappa shape index (κ2) is 6.13. The number of aromatic nitrogens is 1. The molecule has 0 fully saturated rings. The zero-order valence-electron chi connectivity index (χ0n) is 11.7. The van der Waals surface area contributed by atoms with Crippen LogP contribution in [-0.2, 0) is 11.2 Å². The number of nitrogens with one attached hydrogen (secondary N) is 1. The van der Waals surface area contributed by atoms with Crippen LogP contribution in [0.3, 0.4) is 0 Å². The molecule has 2 heterocycles. The van der Waals surface area contributed by atoms with Gasteiger partial charge in [0, 0.05) is 6.42 Å². The van der Waals surface area contributed by atoms with Crippen LogP contribution in [0.5, 0.6) is 5.75 Å². The molecule has 2 aromatic rings. The number of esters is 1. The molecule has 3 rings (SSSR count). The van der Waals surface area contributed by atoms with Crippen LogP contribution in [0.4, 0.5) is 5.00 Å². The summed E-state index contributed by atoms with van der Waals surface area (Å²) in [4.78, 5) is 15.8. The summed E-state index contributed by atoms with van der Waals surface area (Å²) in [7, 11) is 0. The molecule has 21 heavy (non-hydrogen) atoms. The third-order valence-corrected chi connectivity index (χ3v) is 4.02. The highest BCUT2D eigenvalue weighted by Gasteiger charge is 2.23. The molecular weight excluding hydrogens is 288 g/mol. The second-order valence-electron chi connectivity index (χ2n) is 4.68. The molecule has 6 heteroatoms. The number of carbonyl (C=O) groups is 1. The van der Waals surface area contributed by atoms with E-state index in [1.807, 2.05) is 18.2 Å². The summed E-state index contributed by atoms with van der Waals surface area (Å²) in [6.07, 6.45) is 0.941. The zero-order chi connectivity index (χ0) is 14.7. The summed E-state index contributed by atoms with van der Waals surface area (Å²) in [6.45, 7) is 2.75. The van der Waals surface area contributed by atoms with Crippen molar-refractivity contribution in [3.63, 3.8) is 0 Å². The first kappa shape index (κ1) is 13.9. The van der Waals surface area contributed by atoms with E-state index < -0.39 is 5.97 Å². The molecule has 1 unspecified atom stereocenters. The number of hydrogen-bond acceptors (Lipinski definition) is 6. The number of rotatable bonds is 5. The van der Waals surface area contributed by atoms with Crippen molar-refractivity contribution in [2.45, 2.75) is 19.4 Å². The van der Waals surface area contributed by atoms with Crippen LogP contribution in [0.2, 0.25) is 0 Å². The molecule has 0 saturated carbocycles. The Hall–Kier alpha value is -2.08. The van der Waals surface area contributed by atoms with Crippen molar-refractivity contribution in [2.75, 3.05) is 18.5 Å². The number of carbonyl (C=O) groups excluding carboxylic acids is 1. The summed E-state index contributed by atoms with van der Waals surface area (Å²) >= 11 is 1.39. The maximum Gasteiger partial charge on any atom is 0.360 e. The lowest BCUT2D eigenvalue weighted by Crippen LogP contribution is -2.24. The van der Waals surface area contributed by atoms with Crippen LogP contribution >= 0.6 is 11.3 Å². The molecule has 110 valence electrons. The van der Waals surface area contributed by atoms with Crippen molar-refractivity contribution in [3.8, 4) is 5.75 Å². The van der Waals surface area contributed by atoms with Crippen molar-refractivity contribution < 1.29 is 14.3 Å². The van der Waals surface area contributed by atoms with E-state index >= 15 is 0 Å². The molecule has 5 nitrogen and oxygen atoms in total. The largest absolute Gasteiger partial charge is 0.488 e. The lowest BCUT2D eigenvalue weighted by Gasteiger charge is -2.12. The number of para-hydroxylation sites is 1. The van der Waals surface area contributed by atoms with Crippen molar-refractivity contribution >= 4 is 22.3 Å². The Morgan fingerprint density at radius 1 is 1.52 bits per heavy atom. The summed E-state index contributed by atoms with van der Waals surface area (Å²) in [6, 6.07) is 8.04. The Bertz CT molecular complexity index is 616. The summed E-state index contributed by atoms with van der Waals surface area (Å²) in [5, 5.41) is 3.97. The van der Waals surface area contributed by atoms with Gasteiger partial charge >= 0.3 is 5.97 Å². The minimum atomic E-state index is -0.392. The Morgan fingerprint density at radius 3 is 3.19 bits per heavy atom. The SMILES string of the molecule is CCOC(=O)c1ncsc1NCC1Cc2ccccc2O1. The first-order valence-corrected chi connectivity index (χ1v) is 7.75. The number of hydrogen-bond donors (Lipinski definition) is 1. The first-order chi connectivity index (χ1) is 10.3. The van der Waals surface area contributed by atoms with Gasteiger partial charge in [-0.25, -0.2) is 9.78 Å². The third kappa shape index (κ3) is 3.00. The highest BCUT2D eigenvalue weighted by atomic mass is 32.1. The van der Waals surface area contributed by atoms with E-state index in [4.69, 9.17) is 9.47 Å². The topological polar surface area (TPSA) is 60.5 Å². The minimum absolute atomic E-state index is 0.0690. The van der Waals surface area contributed by atoms with Crippen LogP contribution in [0.1, 0.15) is 23.0 Å². The summed E-state index contributed by atoms with van der Waals surface area (Å²) < 4.78 is 10.8. The van der Waals surface area contributed by atoms with E-state index in [9.17, 15) is 4.79 Å². The zero-order valence-corrected chi connectivity index (χ0v) is 12.5. The van der Waals surface area contributed by atoms with Gasteiger partial charge in [0.1, 0.15) is 16.9 Å². The van der Waals surface area contributed by atoms with Gasteiger partial charge in [-0.1, -0.05) is 18.2 Å². The normalized spacial score (nSPS) is 16.1. The van der Waals surface area contributed by atoms with Gasteiger partial charge in [-0.15, -0.1) is 11.3 Å². The quantitative estimate of drug-likeness (QED) is 0.861. The van der Waals surface area contributed by atoms with E-state index in [-0.39, 0.29) is 6.10 Å². The molecule has 0 bridgehead atoms. The van der Waals surface area contributed by atoms with Gasteiger partial charge in [-0.05, 0) is 18.6 Å². The van der Waals surface area contributed by atoms with E-state index in [0.29, 0.717) is 18.8 Å². The number of thiazole rings is 1. The van der Waals surface area contributed by atoms with Gasteiger partial charge in [0.15, 0.2) is 5.69 Å². The van der Waals surface area contributed by atoms with E-state index in [2.05, 4.69) is 16.4 Å². The highest BCUT2D eigenvalue weighted by molar-refractivity contribution is 7.14. The van der Waals surface area contributed by atoms with Crippen LogP contribution in [0, 0.1) is 0 Å². The molecule has 0 radical (unpaired) electrons. The minimum Gasteiger partial charge on any atom is -0.488 e. The van der Waals surface area contributed by atoms with Crippen LogP contribution in [0.25, 0.3) is 0 Å². The molecule has 0 spiro atoms. The third-order valence-electron chi connectivity index (χ3n) is 3.24. The van der Waals surface area contributed by atoms with Crippen LogP contribution in [-0.4, -0.2) is 30.2 Å². The van der Waals surface area contributed by atoms with Gasteiger partial charge in [0.25, 0.3) is 0 Å². The number of nitrogens with zero attached hydrogens (tertiary/aromatic N) is 1. The average molecular weight is 304 g/mol. The van der Waals surface area contributed by atoms with Crippen molar-refractivity contribution in [1.82, 2.24) is 4.98 Å². The molecule has 1 atom stereocenters. The Morgan fingerprint density at radius 2 is 2.38 bits per heavy atom. The molecule has 1 aromatic heterocycles. The second-order valence-corrected chi connectivity index (χ2v) is 5.54. The number of anilines is 1. The summed E-state index contributed by atoms with van der Waals surface area (Å²) in [5.41, 5.74) is 3.20. The molecular formula is C15H16N2O3S. The van der Waals surface area contributed by atoms with Gasteiger partial charge in [0.2, 0.25) is 0 Å². The first-order valence-electron chi connectivity index (χ1n) is 6.87. The molecule has 0 saturated heterocycles. The van der Waals surface area contributed by atoms with Crippen LogP contribution < -0.4 is 10.1 Å². The molecule has 1 aromatic carbocycles. The Balaban J connectivity index is 1.60. The smallest absolute Gasteiger partial charge is 0.360 e. The van der Waals surface area contributed by atoms with E-state index in [1.54, 1.807) is 12.4 Å². The lowest BCUT2D eigenvalue weighted by molar-refractivity contribution is 0.0521.